The Morgan fingerprint density at radius 2 is 1.96 bits per heavy atom. The van der Waals surface area contributed by atoms with E-state index in [0.717, 1.165) is 11.3 Å². The van der Waals surface area contributed by atoms with E-state index >= 15 is 0 Å². The van der Waals surface area contributed by atoms with Gasteiger partial charge in [0.1, 0.15) is 0 Å². The van der Waals surface area contributed by atoms with E-state index in [-0.39, 0.29) is 12.5 Å². The van der Waals surface area contributed by atoms with Crippen LogP contribution in [-0.4, -0.2) is 37.4 Å². The third-order valence-electron chi connectivity index (χ3n) is 3.27. The second-order valence-corrected chi connectivity index (χ2v) is 5.32. The van der Waals surface area contributed by atoms with Gasteiger partial charge in [0.15, 0.2) is 0 Å². The van der Waals surface area contributed by atoms with E-state index in [1.165, 1.54) is 0 Å². The van der Waals surface area contributed by atoms with E-state index < -0.39 is 0 Å². The molecule has 2 aromatic rings. The van der Waals surface area contributed by atoms with E-state index in [0.29, 0.717) is 17.1 Å². The number of halogens is 1. The maximum atomic E-state index is 11.9. The van der Waals surface area contributed by atoms with Crippen LogP contribution in [0.15, 0.2) is 53.6 Å². The van der Waals surface area contributed by atoms with Crippen molar-refractivity contribution < 1.29 is 9.90 Å². The van der Waals surface area contributed by atoms with Crippen molar-refractivity contribution in [3.8, 4) is 0 Å². The molecule has 0 saturated heterocycles. The molecule has 0 bridgehead atoms. The molecule has 0 aliphatic carbocycles. The molecule has 0 unspecified atom stereocenters. The molecule has 0 heterocycles. The number of rotatable bonds is 6. The lowest BCUT2D eigenvalue weighted by Crippen LogP contribution is -2.20. The number of amides is 1. The minimum Gasteiger partial charge on any atom is -0.395 e. The van der Waals surface area contributed by atoms with Crippen LogP contribution in [0.5, 0.6) is 0 Å². The molecular weight excluding hydrogens is 314 g/mol. The number of benzene rings is 2. The summed E-state index contributed by atoms with van der Waals surface area (Å²) in [6, 6.07) is 14.4. The largest absolute Gasteiger partial charge is 0.395 e. The van der Waals surface area contributed by atoms with Crippen molar-refractivity contribution >= 4 is 29.4 Å². The molecule has 0 aromatic heterocycles. The number of carbonyl (C=O) groups excluding carboxylic acids is 1. The van der Waals surface area contributed by atoms with Crippen LogP contribution in [0.25, 0.3) is 0 Å². The molecule has 0 saturated carbocycles. The van der Waals surface area contributed by atoms with E-state index in [1.54, 1.807) is 30.5 Å². The van der Waals surface area contributed by atoms with Crippen LogP contribution < -0.4 is 10.3 Å². The lowest BCUT2D eigenvalue weighted by molar-refractivity contribution is 0.0955. The number of aliphatic hydroxyl groups is 1. The van der Waals surface area contributed by atoms with Crippen LogP contribution in [0.3, 0.4) is 0 Å². The first-order chi connectivity index (χ1) is 11.1. The number of carbonyl (C=O) groups is 1. The average Bonchev–Trinajstić information content (AvgIpc) is 2.56. The highest BCUT2D eigenvalue weighted by atomic mass is 35.5. The number of hydrogen-bond acceptors (Lipinski definition) is 4. The molecule has 6 heteroatoms. The fourth-order valence-corrected chi connectivity index (χ4v) is 2.19. The van der Waals surface area contributed by atoms with Crippen LogP contribution in [-0.2, 0) is 0 Å². The summed E-state index contributed by atoms with van der Waals surface area (Å²) >= 11 is 5.95. The number of anilines is 1. The Kier molecular flexibility index (Phi) is 6.14. The highest BCUT2D eigenvalue weighted by Crippen LogP contribution is 2.14. The molecule has 1 amide bonds. The minimum atomic E-state index is -0.355. The summed E-state index contributed by atoms with van der Waals surface area (Å²) in [4.78, 5) is 13.9. The molecule has 2 rings (SSSR count). The first kappa shape index (κ1) is 17.0. The highest BCUT2D eigenvalue weighted by Gasteiger charge is 2.07. The topological polar surface area (TPSA) is 64.9 Å². The fourth-order valence-electron chi connectivity index (χ4n) is 1.96. The van der Waals surface area contributed by atoms with Crippen LogP contribution >= 0.6 is 11.6 Å². The smallest absolute Gasteiger partial charge is 0.272 e. The fraction of sp³-hybridized carbons (Fsp3) is 0.176. The van der Waals surface area contributed by atoms with Gasteiger partial charge in [-0.15, -0.1) is 0 Å². The summed E-state index contributed by atoms with van der Waals surface area (Å²) in [7, 11) is 1.91. The lowest BCUT2D eigenvalue weighted by atomic mass is 10.2. The van der Waals surface area contributed by atoms with Crippen LogP contribution in [0, 0.1) is 0 Å². The molecule has 0 fully saturated rings. The highest BCUT2D eigenvalue weighted by molar-refractivity contribution is 6.33. The molecule has 5 nitrogen and oxygen atoms in total. The number of hydrogen-bond donors (Lipinski definition) is 2. The van der Waals surface area contributed by atoms with E-state index in [9.17, 15) is 4.79 Å². The first-order valence-corrected chi connectivity index (χ1v) is 7.49. The molecule has 0 aliphatic heterocycles. The van der Waals surface area contributed by atoms with Crippen LogP contribution in [0.2, 0.25) is 5.02 Å². The molecular formula is C17H18ClN3O2. The number of hydrazone groups is 1. The van der Waals surface area contributed by atoms with Gasteiger partial charge in [0.25, 0.3) is 5.91 Å². The normalized spacial score (nSPS) is 10.7. The summed E-state index contributed by atoms with van der Waals surface area (Å²) in [5, 5.41) is 13.2. The molecule has 23 heavy (non-hydrogen) atoms. The molecule has 0 radical (unpaired) electrons. The van der Waals surface area contributed by atoms with Crippen LogP contribution in [0.4, 0.5) is 5.69 Å². The Balaban J connectivity index is 1.95. The Bertz CT molecular complexity index is 686. The van der Waals surface area contributed by atoms with Crippen molar-refractivity contribution in [1.82, 2.24) is 5.43 Å². The Morgan fingerprint density at radius 3 is 2.61 bits per heavy atom. The van der Waals surface area contributed by atoms with Crippen LogP contribution in [0.1, 0.15) is 15.9 Å². The quantitative estimate of drug-likeness (QED) is 0.631. The average molecular weight is 332 g/mol. The minimum absolute atomic E-state index is 0.105. The first-order valence-electron chi connectivity index (χ1n) is 7.12. The molecule has 0 aliphatic rings. The number of likely N-dealkylation sites (N-methyl/N-ethyl adjacent to an activating group) is 1. The number of nitrogens with one attached hydrogen (secondary N) is 1. The van der Waals surface area contributed by atoms with Gasteiger partial charge in [0, 0.05) is 19.3 Å². The van der Waals surface area contributed by atoms with Gasteiger partial charge in [-0.3, -0.25) is 4.79 Å². The van der Waals surface area contributed by atoms with Crippen molar-refractivity contribution in [3.63, 3.8) is 0 Å². The van der Waals surface area contributed by atoms with Gasteiger partial charge in [-0.05, 0) is 29.8 Å². The molecule has 0 atom stereocenters. The summed E-state index contributed by atoms with van der Waals surface area (Å²) in [6.45, 7) is 0.676. The Morgan fingerprint density at radius 1 is 1.26 bits per heavy atom. The van der Waals surface area contributed by atoms with Gasteiger partial charge >= 0.3 is 0 Å². The zero-order valence-corrected chi connectivity index (χ0v) is 13.5. The van der Waals surface area contributed by atoms with Gasteiger partial charge in [-0.2, -0.15) is 5.10 Å². The molecule has 0 spiro atoms. The monoisotopic (exact) mass is 331 g/mol. The second-order valence-electron chi connectivity index (χ2n) is 4.92. The Labute approximate surface area is 140 Å². The predicted octanol–water partition coefficient (Wildman–Crippen LogP) is 2.53. The SMILES string of the molecule is CN(CCO)c1ccc(/C=N\NC(=O)c2ccccc2Cl)cc1. The zero-order chi connectivity index (χ0) is 16.7. The maximum absolute atomic E-state index is 11.9. The molecule has 120 valence electrons. The molecule has 2 N–H and O–H groups in total. The zero-order valence-electron chi connectivity index (χ0n) is 12.7. The van der Waals surface area contributed by atoms with E-state index in [4.69, 9.17) is 16.7 Å². The third kappa shape index (κ3) is 4.81. The van der Waals surface area contributed by atoms with Crippen molar-refractivity contribution in [2.45, 2.75) is 0 Å². The van der Waals surface area contributed by atoms with Crippen molar-refractivity contribution in [3.05, 3.63) is 64.7 Å². The van der Waals surface area contributed by atoms with Gasteiger partial charge in [-0.25, -0.2) is 5.43 Å². The van der Waals surface area contributed by atoms with Gasteiger partial charge in [0.05, 0.1) is 23.4 Å². The second kappa shape index (κ2) is 8.31. The standard InChI is InChI=1S/C17H18ClN3O2/c1-21(10-11-22)14-8-6-13(7-9-14)12-19-20-17(23)15-4-2-3-5-16(15)18/h2-9,12,22H,10-11H2,1H3,(H,20,23)/b19-12-. The number of aliphatic hydroxyl groups excluding tert-OH is 1. The van der Waals surface area contributed by atoms with Crippen molar-refractivity contribution in [2.75, 3.05) is 25.1 Å². The maximum Gasteiger partial charge on any atom is 0.272 e. The summed E-state index contributed by atoms with van der Waals surface area (Å²) in [5.41, 5.74) is 4.68. The van der Waals surface area contributed by atoms with Crippen molar-refractivity contribution in [2.24, 2.45) is 5.10 Å². The van der Waals surface area contributed by atoms with Gasteiger partial charge < -0.3 is 10.0 Å². The summed E-state index contributed by atoms with van der Waals surface area (Å²) in [6.07, 6.45) is 1.56. The summed E-state index contributed by atoms with van der Waals surface area (Å²) in [5.74, 6) is -0.355. The number of nitrogens with zero attached hydrogens (tertiary/aromatic N) is 2. The Hall–Kier alpha value is -2.37. The van der Waals surface area contributed by atoms with E-state index in [2.05, 4.69) is 10.5 Å². The molecule has 2 aromatic carbocycles. The lowest BCUT2D eigenvalue weighted by Gasteiger charge is -2.17. The predicted molar refractivity (Wildman–Crippen MR) is 93.3 cm³/mol. The van der Waals surface area contributed by atoms with E-state index in [1.807, 2.05) is 36.2 Å². The van der Waals surface area contributed by atoms with Gasteiger partial charge in [-0.1, -0.05) is 35.9 Å². The van der Waals surface area contributed by atoms with Gasteiger partial charge in [0.2, 0.25) is 0 Å². The van der Waals surface area contributed by atoms with Crippen molar-refractivity contribution in [1.29, 1.82) is 0 Å². The summed E-state index contributed by atoms with van der Waals surface area (Å²) < 4.78 is 0. The third-order valence-corrected chi connectivity index (χ3v) is 3.60.